The summed E-state index contributed by atoms with van der Waals surface area (Å²) in [7, 11) is 1.89. The number of carbonyl (C=O) groups is 1. The quantitative estimate of drug-likeness (QED) is 0.844. The molecule has 5 nitrogen and oxygen atoms in total. The molecule has 0 saturated heterocycles. The Labute approximate surface area is 126 Å². The molecular weight excluding hydrogens is 320 g/mol. The molecule has 0 fully saturated rings. The number of anilines is 1. The van der Waals surface area contributed by atoms with Crippen molar-refractivity contribution >= 4 is 27.5 Å². The zero-order chi connectivity index (χ0) is 14.9. The van der Waals surface area contributed by atoms with Crippen molar-refractivity contribution in [1.29, 1.82) is 0 Å². The average Bonchev–Trinajstić information content (AvgIpc) is 2.64. The van der Waals surface area contributed by atoms with Gasteiger partial charge in [-0.2, -0.15) is 5.10 Å². The number of nitrogens with one attached hydrogen (secondary N) is 1. The molecule has 3 N–H and O–H groups in total. The second-order valence-electron chi connectivity index (χ2n) is 4.69. The summed E-state index contributed by atoms with van der Waals surface area (Å²) in [6.45, 7) is 4.39. The van der Waals surface area contributed by atoms with Gasteiger partial charge in [-0.25, -0.2) is 0 Å². The van der Waals surface area contributed by atoms with Gasteiger partial charge in [0.25, 0.3) is 5.91 Å². The molecular formula is C14H17BrN4O. The lowest BCUT2D eigenvalue weighted by Crippen LogP contribution is -2.23. The fourth-order valence-corrected chi connectivity index (χ4v) is 2.39. The van der Waals surface area contributed by atoms with Crippen LogP contribution in [-0.2, 0) is 13.6 Å². The van der Waals surface area contributed by atoms with Crippen molar-refractivity contribution in [2.75, 3.05) is 5.73 Å². The van der Waals surface area contributed by atoms with E-state index in [-0.39, 0.29) is 5.91 Å². The lowest BCUT2D eigenvalue weighted by molar-refractivity contribution is 0.0951. The number of nitrogen functional groups attached to an aromatic ring is 1. The largest absolute Gasteiger partial charge is 0.398 e. The highest BCUT2D eigenvalue weighted by atomic mass is 79.9. The summed E-state index contributed by atoms with van der Waals surface area (Å²) in [5.41, 5.74) is 9.93. The first-order chi connectivity index (χ1) is 9.40. The molecule has 106 valence electrons. The SMILES string of the molecule is Cc1nn(C)c(C)c1CNC(=O)c1ccc(N)c(Br)c1. The van der Waals surface area contributed by atoms with Gasteiger partial charge < -0.3 is 11.1 Å². The van der Waals surface area contributed by atoms with Gasteiger partial charge in [0.1, 0.15) is 0 Å². The highest BCUT2D eigenvalue weighted by Crippen LogP contribution is 2.20. The van der Waals surface area contributed by atoms with Gasteiger partial charge in [0.05, 0.1) is 5.69 Å². The smallest absolute Gasteiger partial charge is 0.251 e. The van der Waals surface area contributed by atoms with Crippen molar-refractivity contribution in [3.63, 3.8) is 0 Å². The number of nitrogens with two attached hydrogens (primary N) is 1. The second kappa shape index (κ2) is 5.66. The number of nitrogens with zero attached hydrogens (tertiary/aromatic N) is 2. The lowest BCUT2D eigenvalue weighted by atomic mass is 10.1. The summed E-state index contributed by atoms with van der Waals surface area (Å²) in [4.78, 5) is 12.1. The van der Waals surface area contributed by atoms with E-state index in [0.717, 1.165) is 21.4 Å². The van der Waals surface area contributed by atoms with E-state index < -0.39 is 0 Å². The van der Waals surface area contributed by atoms with Crippen LogP contribution < -0.4 is 11.1 Å². The highest BCUT2D eigenvalue weighted by molar-refractivity contribution is 9.10. The molecule has 0 aliphatic carbocycles. The maximum absolute atomic E-state index is 12.1. The number of aromatic nitrogens is 2. The molecule has 0 saturated carbocycles. The normalized spacial score (nSPS) is 10.6. The molecule has 6 heteroatoms. The number of rotatable bonds is 3. The molecule has 0 atom stereocenters. The topological polar surface area (TPSA) is 72.9 Å². The molecule has 2 aromatic rings. The Morgan fingerprint density at radius 3 is 2.70 bits per heavy atom. The van der Waals surface area contributed by atoms with Crippen LogP contribution in [0.5, 0.6) is 0 Å². The van der Waals surface area contributed by atoms with Gasteiger partial charge in [0, 0.05) is 40.6 Å². The molecule has 20 heavy (non-hydrogen) atoms. The number of carbonyl (C=O) groups excluding carboxylic acids is 1. The molecule has 0 spiro atoms. The van der Waals surface area contributed by atoms with Crippen LogP contribution in [0.1, 0.15) is 27.3 Å². The Balaban J connectivity index is 2.10. The third kappa shape index (κ3) is 2.85. The average molecular weight is 337 g/mol. The number of amides is 1. The summed E-state index contributed by atoms with van der Waals surface area (Å²) in [6.07, 6.45) is 0. The number of hydrogen-bond donors (Lipinski definition) is 2. The van der Waals surface area contributed by atoms with Gasteiger partial charge in [-0.3, -0.25) is 9.48 Å². The molecule has 2 rings (SSSR count). The van der Waals surface area contributed by atoms with Gasteiger partial charge in [0.15, 0.2) is 0 Å². The molecule has 1 aromatic heterocycles. The first-order valence-electron chi connectivity index (χ1n) is 6.22. The maximum Gasteiger partial charge on any atom is 0.251 e. The summed E-state index contributed by atoms with van der Waals surface area (Å²) in [6, 6.07) is 5.13. The molecule has 1 aromatic carbocycles. The second-order valence-corrected chi connectivity index (χ2v) is 5.55. The van der Waals surface area contributed by atoms with E-state index in [4.69, 9.17) is 5.73 Å². The molecule has 1 amide bonds. The number of aryl methyl sites for hydroxylation is 2. The van der Waals surface area contributed by atoms with E-state index in [2.05, 4.69) is 26.3 Å². The predicted molar refractivity (Wildman–Crippen MR) is 82.4 cm³/mol. The van der Waals surface area contributed by atoms with Gasteiger partial charge in [-0.1, -0.05) is 0 Å². The molecule has 0 bridgehead atoms. The minimum atomic E-state index is -0.131. The summed E-state index contributed by atoms with van der Waals surface area (Å²) < 4.78 is 2.54. The van der Waals surface area contributed by atoms with Crippen molar-refractivity contribution in [1.82, 2.24) is 15.1 Å². The van der Waals surface area contributed by atoms with Crippen LogP contribution in [0, 0.1) is 13.8 Å². The van der Waals surface area contributed by atoms with Crippen LogP contribution in [-0.4, -0.2) is 15.7 Å². The summed E-state index contributed by atoms with van der Waals surface area (Å²) in [5.74, 6) is -0.131. The Kier molecular flexibility index (Phi) is 4.13. The first kappa shape index (κ1) is 14.6. The fraction of sp³-hybridized carbons (Fsp3) is 0.286. The predicted octanol–water partition coefficient (Wildman–Crippen LogP) is 2.31. The monoisotopic (exact) mass is 336 g/mol. The van der Waals surface area contributed by atoms with Gasteiger partial charge in [-0.15, -0.1) is 0 Å². The Morgan fingerprint density at radius 1 is 1.45 bits per heavy atom. The zero-order valence-electron chi connectivity index (χ0n) is 11.7. The standard InChI is InChI=1S/C14H17BrN4O/c1-8-11(9(2)19(3)18-8)7-17-14(20)10-4-5-13(16)12(15)6-10/h4-6H,7,16H2,1-3H3,(H,17,20). The highest BCUT2D eigenvalue weighted by Gasteiger charge is 2.12. The van der Waals surface area contributed by atoms with Crippen molar-refractivity contribution in [2.45, 2.75) is 20.4 Å². The molecule has 0 aliphatic rings. The number of halogens is 1. The molecule has 1 heterocycles. The van der Waals surface area contributed by atoms with Crippen LogP contribution in [0.15, 0.2) is 22.7 Å². The summed E-state index contributed by atoms with van der Waals surface area (Å²) >= 11 is 3.32. The first-order valence-corrected chi connectivity index (χ1v) is 7.01. The number of hydrogen-bond acceptors (Lipinski definition) is 3. The van der Waals surface area contributed by atoms with E-state index in [9.17, 15) is 4.79 Å². The van der Waals surface area contributed by atoms with E-state index in [0.29, 0.717) is 17.8 Å². The van der Waals surface area contributed by atoms with Gasteiger partial charge in [-0.05, 0) is 48.0 Å². The van der Waals surface area contributed by atoms with Crippen LogP contribution in [0.3, 0.4) is 0 Å². The Hall–Kier alpha value is -1.82. The van der Waals surface area contributed by atoms with Crippen LogP contribution in [0.2, 0.25) is 0 Å². The lowest BCUT2D eigenvalue weighted by Gasteiger charge is -2.07. The zero-order valence-corrected chi connectivity index (χ0v) is 13.3. The minimum absolute atomic E-state index is 0.131. The number of benzene rings is 1. The maximum atomic E-state index is 12.1. The van der Waals surface area contributed by atoms with Crippen molar-refractivity contribution in [3.8, 4) is 0 Å². The third-order valence-corrected chi connectivity index (χ3v) is 4.03. The third-order valence-electron chi connectivity index (χ3n) is 3.35. The van der Waals surface area contributed by atoms with E-state index in [1.54, 1.807) is 18.2 Å². The summed E-state index contributed by atoms with van der Waals surface area (Å²) in [5, 5.41) is 7.23. The minimum Gasteiger partial charge on any atom is -0.398 e. The van der Waals surface area contributed by atoms with E-state index >= 15 is 0 Å². The fourth-order valence-electron chi connectivity index (χ4n) is 2.01. The van der Waals surface area contributed by atoms with Crippen LogP contribution in [0.4, 0.5) is 5.69 Å². The van der Waals surface area contributed by atoms with E-state index in [1.165, 1.54) is 0 Å². The Morgan fingerprint density at radius 2 is 2.15 bits per heavy atom. The van der Waals surface area contributed by atoms with Crippen LogP contribution in [0.25, 0.3) is 0 Å². The van der Waals surface area contributed by atoms with Crippen molar-refractivity contribution in [3.05, 3.63) is 45.2 Å². The Bertz CT molecular complexity index is 663. The van der Waals surface area contributed by atoms with Gasteiger partial charge >= 0.3 is 0 Å². The van der Waals surface area contributed by atoms with E-state index in [1.807, 2.05) is 25.6 Å². The van der Waals surface area contributed by atoms with Crippen molar-refractivity contribution in [2.24, 2.45) is 7.05 Å². The van der Waals surface area contributed by atoms with Gasteiger partial charge in [0.2, 0.25) is 0 Å². The molecule has 0 aliphatic heterocycles. The molecule has 0 radical (unpaired) electrons. The van der Waals surface area contributed by atoms with Crippen LogP contribution >= 0.6 is 15.9 Å². The molecule has 0 unspecified atom stereocenters. The van der Waals surface area contributed by atoms with Crippen molar-refractivity contribution < 1.29 is 4.79 Å².